The molecule has 4 atom stereocenters. The lowest BCUT2D eigenvalue weighted by molar-refractivity contribution is 0.279. The van der Waals surface area contributed by atoms with Gasteiger partial charge >= 0.3 is 0 Å². The molecule has 2 aromatic carbocycles. The van der Waals surface area contributed by atoms with Crippen molar-refractivity contribution in [3.8, 4) is 0 Å². The normalized spacial score (nSPS) is 17.7. The van der Waals surface area contributed by atoms with Crippen LogP contribution in [-0.4, -0.2) is 22.8 Å². The maximum Gasteiger partial charge on any atom is 0.223 e. The van der Waals surface area contributed by atoms with Gasteiger partial charge in [-0.05, 0) is 24.2 Å². The SMILES string of the molecule is CCCC(C)[Si](C)(OC(C)[SiH](C)c1ccccc1)c1ccccc1. The summed E-state index contributed by atoms with van der Waals surface area (Å²) in [6, 6.07) is 21.9. The van der Waals surface area contributed by atoms with Crippen molar-refractivity contribution in [2.45, 2.75) is 58.0 Å². The molecule has 24 heavy (non-hydrogen) atoms. The molecule has 4 unspecified atom stereocenters. The van der Waals surface area contributed by atoms with E-state index in [0.717, 1.165) is 0 Å². The maximum absolute atomic E-state index is 6.96. The minimum absolute atomic E-state index is 0.351. The quantitative estimate of drug-likeness (QED) is 0.638. The van der Waals surface area contributed by atoms with Crippen LogP contribution in [0.5, 0.6) is 0 Å². The van der Waals surface area contributed by atoms with E-state index in [4.69, 9.17) is 4.43 Å². The monoisotopic (exact) mass is 356 g/mol. The number of rotatable bonds is 8. The van der Waals surface area contributed by atoms with Crippen LogP contribution in [0.15, 0.2) is 60.7 Å². The van der Waals surface area contributed by atoms with Crippen LogP contribution < -0.4 is 10.4 Å². The van der Waals surface area contributed by atoms with Crippen LogP contribution in [0.4, 0.5) is 0 Å². The molecule has 0 aromatic heterocycles. The lowest BCUT2D eigenvalue weighted by Gasteiger charge is -2.38. The highest BCUT2D eigenvalue weighted by atomic mass is 28.4. The number of benzene rings is 2. The van der Waals surface area contributed by atoms with E-state index in [0.29, 0.717) is 11.3 Å². The highest BCUT2D eigenvalue weighted by Gasteiger charge is 2.39. The molecule has 0 N–H and O–H groups in total. The van der Waals surface area contributed by atoms with Gasteiger partial charge in [0.05, 0.1) is 8.80 Å². The molecule has 2 rings (SSSR count). The van der Waals surface area contributed by atoms with Gasteiger partial charge in [0.15, 0.2) is 0 Å². The molecule has 1 nitrogen and oxygen atoms in total. The Morgan fingerprint density at radius 2 is 1.50 bits per heavy atom. The van der Waals surface area contributed by atoms with Gasteiger partial charge in [0.1, 0.15) is 0 Å². The van der Waals surface area contributed by atoms with Crippen molar-refractivity contribution in [1.29, 1.82) is 0 Å². The molecule has 3 heteroatoms. The fourth-order valence-electron chi connectivity index (χ4n) is 3.46. The first-order chi connectivity index (χ1) is 11.5. The number of hydrogen-bond acceptors (Lipinski definition) is 1. The zero-order valence-corrected chi connectivity index (χ0v) is 18.0. The van der Waals surface area contributed by atoms with E-state index < -0.39 is 17.1 Å². The highest BCUT2D eigenvalue weighted by Crippen LogP contribution is 2.29. The maximum atomic E-state index is 6.96. The van der Waals surface area contributed by atoms with Crippen molar-refractivity contribution in [3.63, 3.8) is 0 Å². The molecule has 0 heterocycles. The van der Waals surface area contributed by atoms with Crippen LogP contribution in [0.3, 0.4) is 0 Å². The third kappa shape index (κ3) is 4.47. The Bertz CT molecular complexity index is 602. The van der Waals surface area contributed by atoms with Crippen molar-refractivity contribution < 1.29 is 4.43 Å². The van der Waals surface area contributed by atoms with Crippen LogP contribution >= 0.6 is 0 Å². The largest absolute Gasteiger partial charge is 0.413 e. The van der Waals surface area contributed by atoms with Gasteiger partial charge < -0.3 is 4.43 Å². The Morgan fingerprint density at radius 1 is 0.958 bits per heavy atom. The zero-order valence-electron chi connectivity index (χ0n) is 15.8. The lowest BCUT2D eigenvalue weighted by Crippen LogP contribution is -2.56. The third-order valence-corrected chi connectivity index (χ3v) is 13.2. The summed E-state index contributed by atoms with van der Waals surface area (Å²) in [5.74, 6) is 0. The molecule has 0 radical (unpaired) electrons. The number of hydrogen-bond donors (Lipinski definition) is 0. The smallest absolute Gasteiger partial charge is 0.223 e. The highest BCUT2D eigenvalue weighted by molar-refractivity contribution is 6.87. The molecule has 0 aliphatic rings. The second kappa shape index (κ2) is 8.79. The molecular formula is C21H32OSi2. The second-order valence-electron chi connectivity index (χ2n) is 7.19. The molecule has 130 valence electrons. The van der Waals surface area contributed by atoms with E-state index >= 15 is 0 Å². The second-order valence-corrected chi connectivity index (χ2v) is 14.4. The zero-order chi connectivity index (χ0) is 17.6. The van der Waals surface area contributed by atoms with Crippen molar-refractivity contribution in [2.24, 2.45) is 0 Å². The van der Waals surface area contributed by atoms with Crippen molar-refractivity contribution in [3.05, 3.63) is 60.7 Å². The molecule has 0 amide bonds. The van der Waals surface area contributed by atoms with Gasteiger partial charge in [0.2, 0.25) is 8.32 Å². The predicted octanol–water partition coefficient (Wildman–Crippen LogP) is 4.37. The van der Waals surface area contributed by atoms with Gasteiger partial charge in [0.25, 0.3) is 0 Å². The lowest BCUT2D eigenvalue weighted by atomic mass is 10.3. The predicted molar refractivity (Wildman–Crippen MR) is 112 cm³/mol. The van der Waals surface area contributed by atoms with Gasteiger partial charge in [-0.1, -0.05) is 99.1 Å². The fraction of sp³-hybridized carbons (Fsp3) is 0.429. The van der Waals surface area contributed by atoms with Crippen LogP contribution in [0.25, 0.3) is 0 Å². The van der Waals surface area contributed by atoms with Crippen molar-refractivity contribution >= 4 is 27.5 Å². The first-order valence-electron chi connectivity index (χ1n) is 9.27. The van der Waals surface area contributed by atoms with Crippen molar-refractivity contribution in [2.75, 3.05) is 0 Å². The first-order valence-corrected chi connectivity index (χ1v) is 14.2. The Hall–Kier alpha value is -1.17. The molecular weight excluding hydrogens is 324 g/mol. The van der Waals surface area contributed by atoms with Crippen LogP contribution in [-0.2, 0) is 4.43 Å². The first kappa shape index (κ1) is 19.2. The summed E-state index contributed by atoms with van der Waals surface area (Å²) < 4.78 is 6.96. The molecule has 0 fully saturated rings. The minimum atomic E-state index is -1.97. The van der Waals surface area contributed by atoms with E-state index in [9.17, 15) is 0 Å². The molecule has 0 saturated carbocycles. The summed E-state index contributed by atoms with van der Waals surface area (Å²) in [7, 11) is -3.10. The molecule has 0 bridgehead atoms. The van der Waals surface area contributed by atoms with E-state index in [-0.39, 0.29) is 0 Å². The van der Waals surface area contributed by atoms with Gasteiger partial charge in [-0.25, -0.2) is 0 Å². The average molecular weight is 357 g/mol. The van der Waals surface area contributed by atoms with E-state index in [1.165, 1.54) is 23.2 Å². The van der Waals surface area contributed by atoms with E-state index in [1.807, 2.05) is 0 Å². The standard InChI is InChI=1S/C21H32OSi2/c1-6-13-18(2)24(5,21-16-11-8-12-17-21)22-19(3)23(4)20-14-9-7-10-15-20/h7-12,14-19,23H,6,13H2,1-5H3. The summed E-state index contributed by atoms with van der Waals surface area (Å²) in [6.45, 7) is 11.8. The van der Waals surface area contributed by atoms with E-state index in [2.05, 4.69) is 94.5 Å². The van der Waals surface area contributed by atoms with Gasteiger partial charge in [-0.15, -0.1) is 0 Å². The topological polar surface area (TPSA) is 9.23 Å². The summed E-state index contributed by atoms with van der Waals surface area (Å²) in [4.78, 5) is 0. The molecule has 0 spiro atoms. The van der Waals surface area contributed by atoms with Crippen LogP contribution in [0.1, 0.15) is 33.6 Å². The molecule has 0 aliphatic carbocycles. The van der Waals surface area contributed by atoms with Crippen LogP contribution in [0, 0.1) is 0 Å². The summed E-state index contributed by atoms with van der Waals surface area (Å²) in [5.41, 5.74) is 0.980. The van der Waals surface area contributed by atoms with Crippen LogP contribution in [0.2, 0.25) is 18.6 Å². The Labute approximate surface area is 150 Å². The third-order valence-electron chi connectivity index (χ3n) is 5.47. The Kier molecular flexibility index (Phi) is 7.02. The summed E-state index contributed by atoms with van der Waals surface area (Å²) >= 11 is 0. The molecule has 0 saturated heterocycles. The Morgan fingerprint density at radius 3 is 2.04 bits per heavy atom. The molecule has 2 aromatic rings. The van der Waals surface area contributed by atoms with Gasteiger partial charge in [-0.2, -0.15) is 0 Å². The van der Waals surface area contributed by atoms with Gasteiger partial charge in [0, 0.05) is 5.73 Å². The average Bonchev–Trinajstić information content (AvgIpc) is 2.62. The van der Waals surface area contributed by atoms with Gasteiger partial charge in [-0.3, -0.25) is 0 Å². The van der Waals surface area contributed by atoms with Crippen molar-refractivity contribution in [1.82, 2.24) is 0 Å². The fourth-order valence-corrected chi connectivity index (χ4v) is 9.90. The minimum Gasteiger partial charge on any atom is -0.413 e. The summed E-state index contributed by atoms with van der Waals surface area (Å²) in [6.07, 6.45) is 2.46. The Balaban J connectivity index is 2.25. The molecule has 0 aliphatic heterocycles. The summed E-state index contributed by atoms with van der Waals surface area (Å²) in [5, 5.41) is 2.93. The van der Waals surface area contributed by atoms with E-state index in [1.54, 1.807) is 0 Å².